The fourth-order valence-electron chi connectivity index (χ4n) is 2.70. The third-order valence-corrected chi connectivity index (χ3v) is 4.60. The van der Waals surface area contributed by atoms with Gasteiger partial charge in [-0.05, 0) is 49.4 Å². The molecule has 1 aromatic carbocycles. The zero-order valence-corrected chi connectivity index (χ0v) is 13.5. The highest BCUT2D eigenvalue weighted by Gasteiger charge is 2.33. The summed E-state index contributed by atoms with van der Waals surface area (Å²) in [5.74, 6) is 2.52. The van der Waals surface area contributed by atoms with Gasteiger partial charge in [0.1, 0.15) is 0 Å². The Hall–Kier alpha value is -0.740. The van der Waals surface area contributed by atoms with Gasteiger partial charge in [0, 0.05) is 16.9 Å². The van der Waals surface area contributed by atoms with Crippen LogP contribution in [0.2, 0.25) is 0 Å². The molecule has 0 bridgehead atoms. The molecule has 110 valence electrons. The summed E-state index contributed by atoms with van der Waals surface area (Å²) < 4.78 is 12.7. The number of hydrogen-bond donors (Lipinski definition) is 1. The molecule has 0 saturated heterocycles. The van der Waals surface area contributed by atoms with E-state index < -0.39 is 0 Å². The highest BCUT2D eigenvalue weighted by molar-refractivity contribution is 9.10. The molecule has 2 aliphatic rings. The molecule has 1 fully saturated rings. The van der Waals surface area contributed by atoms with Gasteiger partial charge in [0.25, 0.3) is 0 Å². The summed E-state index contributed by atoms with van der Waals surface area (Å²) in [6, 6.07) is 4.66. The van der Waals surface area contributed by atoms with Gasteiger partial charge in [-0.2, -0.15) is 0 Å². The van der Waals surface area contributed by atoms with Crippen LogP contribution >= 0.6 is 15.9 Å². The van der Waals surface area contributed by atoms with Crippen molar-refractivity contribution >= 4 is 15.9 Å². The van der Waals surface area contributed by atoms with Crippen molar-refractivity contribution in [3.63, 3.8) is 0 Å². The van der Waals surface area contributed by atoms with Crippen molar-refractivity contribution < 1.29 is 9.47 Å². The second-order valence-corrected chi connectivity index (χ2v) is 6.49. The summed E-state index contributed by atoms with van der Waals surface area (Å²) in [6.45, 7) is 4.74. The Labute approximate surface area is 129 Å². The van der Waals surface area contributed by atoms with Crippen molar-refractivity contribution in [2.24, 2.45) is 5.92 Å². The van der Waals surface area contributed by atoms with Gasteiger partial charge >= 0.3 is 0 Å². The van der Waals surface area contributed by atoms with Crippen LogP contribution in [-0.2, 0) is 0 Å². The maximum absolute atomic E-state index is 5.83. The standard InChI is InChI=1S/C16H22BrNO2/c1-2-6-18-16(11-4-5-11)12-9-14-15(10-13(12)17)20-8-3-7-19-14/h9-11,16,18H,2-8H2,1H3. The van der Waals surface area contributed by atoms with Crippen molar-refractivity contribution in [1.29, 1.82) is 0 Å². The summed E-state index contributed by atoms with van der Waals surface area (Å²) in [4.78, 5) is 0. The Morgan fingerprint density at radius 3 is 2.60 bits per heavy atom. The zero-order valence-electron chi connectivity index (χ0n) is 12.0. The first-order valence-electron chi connectivity index (χ1n) is 7.62. The molecule has 0 amide bonds. The minimum atomic E-state index is 0.432. The van der Waals surface area contributed by atoms with Crippen molar-refractivity contribution in [2.75, 3.05) is 19.8 Å². The molecule has 0 aromatic heterocycles. The number of nitrogens with one attached hydrogen (secondary N) is 1. The van der Waals surface area contributed by atoms with Crippen LogP contribution in [0.15, 0.2) is 16.6 Å². The van der Waals surface area contributed by atoms with Crippen LogP contribution in [0, 0.1) is 5.92 Å². The summed E-state index contributed by atoms with van der Waals surface area (Å²) >= 11 is 3.71. The van der Waals surface area contributed by atoms with Crippen LogP contribution in [0.5, 0.6) is 11.5 Å². The van der Waals surface area contributed by atoms with E-state index in [9.17, 15) is 0 Å². The van der Waals surface area contributed by atoms with Crippen molar-refractivity contribution in [2.45, 2.75) is 38.6 Å². The maximum Gasteiger partial charge on any atom is 0.162 e. The lowest BCUT2D eigenvalue weighted by atomic mass is 10.0. The molecular formula is C16H22BrNO2. The predicted octanol–water partition coefficient (Wildman–Crippen LogP) is 4.06. The van der Waals surface area contributed by atoms with Gasteiger partial charge in [0.2, 0.25) is 0 Å². The zero-order chi connectivity index (χ0) is 13.9. The van der Waals surface area contributed by atoms with Gasteiger partial charge in [-0.3, -0.25) is 0 Å². The van der Waals surface area contributed by atoms with E-state index in [-0.39, 0.29) is 0 Å². The first kappa shape index (κ1) is 14.2. The third kappa shape index (κ3) is 3.12. The Morgan fingerprint density at radius 2 is 1.95 bits per heavy atom. The van der Waals surface area contributed by atoms with Crippen LogP contribution in [0.1, 0.15) is 44.2 Å². The molecule has 20 heavy (non-hydrogen) atoms. The van der Waals surface area contributed by atoms with Gasteiger partial charge < -0.3 is 14.8 Å². The largest absolute Gasteiger partial charge is 0.490 e. The summed E-state index contributed by atoms with van der Waals surface area (Å²) in [6.07, 6.45) is 4.75. The Morgan fingerprint density at radius 1 is 1.25 bits per heavy atom. The number of hydrogen-bond acceptors (Lipinski definition) is 3. The molecule has 3 rings (SSSR count). The molecule has 1 aromatic rings. The minimum Gasteiger partial charge on any atom is -0.490 e. The fourth-order valence-corrected chi connectivity index (χ4v) is 3.27. The van der Waals surface area contributed by atoms with Crippen molar-refractivity contribution in [1.82, 2.24) is 5.32 Å². The van der Waals surface area contributed by atoms with E-state index in [0.717, 1.165) is 54.5 Å². The smallest absolute Gasteiger partial charge is 0.162 e. The number of fused-ring (bicyclic) bond motifs is 1. The number of halogens is 1. The van der Waals surface area contributed by atoms with E-state index in [1.165, 1.54) is 18.4 Å². The fraction of sp³-hybridized carbons (Fsp3) is 0.625. The van der Waals surface area contributed by atoms with Gasteiger partial charge in [-0.25, -0.2) is 0 Å². The van der Waals surface area contributed by atoms with Gasteiger partial charge in [0.05, 0.1) is 13.2 Å². The lowest BCUT2D eigenvalue weighted by Crippen LogP contribution is -2.24. The molecule has 1 N–H and O–H groups in total. The average molecular weight is 340 g/mol. The number of ether oxygens (including phenoxy) is 2. The normalized spacial score (nSPS) is 19.5. The van der Waals surface area contributed by atoms with Crippen molar-refractivity contribution in [3.05, 3.63) is 22.2 Å². The third-order valence-electron chi connectivity index (χ3n) is 3.91. The SMILES string of the molecule is CCCNC(c1cc2c(cc1Br)OCCCO2)C1CC1. The molecule has 1 saturated carbocycles. The minimum absolute atomic E-state index is 0.432. The van der Waals surface area contributed by atoms with Crippen LogP contribution in [0.25, 0.3) is 0 Å². The maximum atomic E-state index is 5.83. The van der Waals surface area contributed by atoms with Crippen LogP contribution < -0.4 is 14.8 Å². The molecule has 3 nitrogen and oxygen atoms in total. The van der Waals surface area contributed by atoms with E-state index in [1.807, 2.05) is 0 Å². The number of rotatable bonds is 5. The molecular weight excluding hydrogens is 318 g/mol. The van der Waals surface area contributed by atoms with E-state index in [2.05, 4.69) is 40.3 Å². The quantitative estimate of drug-likeness (QED) is 0.877. The predicted molar refractivity (Wildman–Crippen MR) is 83.5 cm³/mol. The van der Waals surface area contributed by atoms with E-state index >= 15 is 0 Å². The number of benzene rings is 1. The van der Waals surface area contributed by atoms with E-state index in [1.54, 1.807) is 0 Å². The van der Waals surface area contributed by atoms with Gasteiger partial charge in [-0.1, -0.05) is 22.9 Å². The van der Waals surface area contributed by atoms with Crippen LogP contribution in [0.3, 0.4) is 0 Å². The molecule has 4 heteroatoms. The second kappa shape index (κ2) is 6.35. The summed E-state index contributed by atoms with van der Waals surface area (Å²) in [5.41, 5.74) is 1.31. The average Bonchev–Trinajstić information content (AvgIpc) is 3.26. The summed E-state index contributed by atoms with van der Waals surface area (Å²) in [5, 5.41) is 3.68. The van der Waals surface area contributed by atoms with E-state index in [4.69, 9.17) is 9.47 Å². The first-order valence-corrected chi connectivity index (χ1v) is 8.41. The lowest BCUT2D eigenvalue weighted by Gasteiger charge is -2.21. The molecule has 1 aliphatic carbocycles. The summed E-state index contributed by atoms with van der Waals surface area (Å²) in [7, 11) is 0. The monoisotopic (exact) mass is 339 g/mol. The molecule has 1 unspecified atom stereocenters. The Kier molecular flexibility index (Phi) is 4.51. The first-order chi connectivity index (χ1) is 9.79. The Balaban J connectivity index is 1.89. The topological polar surface area (TPSA) is 30.5 Å². The van der Waals surface area contributed by atoms with Gasteiger partial charge in [-0.15, -0.1) is 0 Å². The Bertz CT molecular complexity index is 474. The van der Waals surface area contributed by atoms with Crippen molar-refractivity contribution in [3.8, 4) is 11.5 Å². The highest BCUT2D eigenvalue weighted by atomic mass is 79.9. The molecule has 0 radical (unpaired) electrons. The van der Waals surface area contributed by atoms with E-state index in [0.29, 0.717) is 6.04 Å². The second-order valence-electron chi connectivity index (χ2n) is 5.64. The molecule has 1 heterocycles. The van der Waals surface area contributed by atoms with Gasteiger partial charge in [0.15, 0.2) is 11.5 Å². The molecule has 0 spiro atoms. The highest BCUT2D eigenvalue weighted by Crippen LogP contribution is 2.46. The van der Waals surface area contributed by atoms with Crippen LogP contribution in [-0.4, -0.2) is 19.8 Å². The van der Waals surface area contributed by atoms with Crippen LogP contribution in [0.4, 0.5) is 0 Å². The molecule has 1 atom stereocenters. The molecule has 1 aliphatic heterocycles. The lowest BCUT2D eigenvalue weighted by molar-refractivity contribution is 0.297.